The van der Waals surface area contributed by atoms with Crippen molar-refractivity contribution in [2.75, 3.05) is 13.1 Å². The van der Waals surface area contributed by atoms with Crippen LogP contribution in [0.5, 0.6) is 0 Å². The molecule has 1 heterocycles. The van der Waals surface area contributed by atoms with Gasteiger partial charge in [-0.05, 0) is 26.2 Å². The lowest BCUT2D eigenvalue weighted by Gasteiger charge is -2.34. The lowest BCUT2D eigenvalue weighted by atomic mass is 9.96. The lowest BCUT2D eigenvalue weighted by molar-refractivity contribution is 0.247. The van der Waals surface area contributed by atoms with Gasteiger partial charge in [-0.25, -0.2) is 0 Å². The van der Waals surface area contributed by atoms with Gasteiger partial charge in [0.1, 0.15) is 0 Å². The van der Waals surface area contributed by atoms with Gasteiger partial charge in [0, 0.05) is 25.2 Å². The zero-order valence-corrected chi connectivity index (χ0v) is 10.4. The minimum absolute atomic E-state index is 0.0686. The molecule has 0 aromatic rings. The Bertz CT molecular complexity index is 302. The van der Waals surface area contributed by atoms with Crippen molar-refractivity contribution < 1.29 is 8.42 Å². The van der Waals surface area contributed by atoms with Gasteiger partial charge in [0.05, 0.1) is 0 Å². The Morgan fingerprint density at radius 2 is 2.07 bits per heavy atom. The summed E-state index contributed by atoms with van der Waals surface area (Å²) in [5.41, 5.74) is 5.84. The maximum absolute atomic E-state index is 11.8. The van der Waals surface area contributed by atoms with Crippen molar-refractivity contribution in [2.45, 2.75) is 39.3 Å². The molecular weight excluding hydrogens is 214 g/mol. The molecule has 2 unspecified atom stereocenters. The highest BCUT2D eigenvalue weighted by Crippen LogP contribution is 2.17. The summed E-state index contributed by atoms with van der Waals surface area (Å²) in [6.45, 7) is 6.66. The van der Waals surface area contributed by atoms with E-state index >= 15 is 0 Å². The minimum atomic E-state index is -3.31. The van der Waals surface area contributed by atoms with E-state index < -0.39 is 10.2 Å². The molecule has 0 aromatic carbocycles. The van der Waals surface area contributed by atoms with Crippen molar-refractivity contribution in [1.29, 1.82) is 0 Å². The third-order valence-electron chi connectivity index (χ3n) is 2.66. The topological polar surface area (TPSA) is 75.4 Å². The average Bonchev–Trinajstić information content (AvgIpc) is 2.07. The van der Waals surface area contributed by atoms with Gasteiger partial charge < -0.3 is 5.73 Å². The van der Waals surface area contributed by atoms with Crippen molar-refractivity contribution in [3.05, 3.63) is 0 Å². The zero-order valence-electron chi connectivity index (χ0n) is 9.60. The van der Waals surface area contributed by atoms with Crippen LogP contribution in [0.2, 0.25) is 0 Å². The van der Waals surface area contributed by atoms with E-state index in [4.69, 9.17) is 5.73 Å². The van der Waals surface area contributed by atoms with E-state index in [1.807, 2.05) is 20.8 Å². The third-order valence-corrected chi connectivity index (χ3v) is 4.44. The summed E-state index contributed by atoms with van der Waals surface area (Å²) >= 11 is 0. The predicted octanol–water partition coefficient (Wildman–Crippen LogP) is -0.102. The molecule has 0 amide bonds. The first-order valence-electron chi connectivity index (χ1n) is 5.36. The number of hydrogen-bond donors (Lipinski definition) is 2. The first kappa shape index (κ1) is 12.9. The maximum atomic E-state index is 11.8. The molecule has 0 spiro atoms. The van der Waals surface area contributed by atoms with Crippen LogP contribution < -0.4 is 10.5 Å². The molecule has 3 N–H and O–H groups in total. The highest BCUT2D eigenvalue weighted by Gasteiger charge is 2.30. The van der Waals surface area contributed by atoms with Crippen LogP contribution in [0.1, 0.15) is 27.2 Å². The van der Waals surface area contributed by atoms with Gasteiger partial charge in [-0.15, -0.1) is 0 Å². The predicted molar refractivity (Wildman–Crippen MR) is 60.5 cm³/mol. The highest BCUT2D eigenvalue weighted by molar-refractivity contribution is 7.87. The lowest BCUT2D eigenvalue weighted by Crippen LogP contribution is -2.52. The maximum Gasteiger partial charge on any atom is 0.279 e. The second kappa shape index (κ2) is 4.78. The number of nitrogens with two attached hydrogens (primary N) is 1. The summed E-state index contributed by atoms with van der Waals surface area (Å²) < 4.78 is 27.7. The Kier molecular flexibility index (Phi) is 4.11. The fraction of sp³-hybridized carbons (Fsp3) is 1.00. The van der Waals surface area contributed by atoms with Crippen LogP contribution in [-0.2, 0) is 10.2 Å². The number of piperidine rings is 1. The Hall–Kier alpha value is -0.170. The van der Waals surface area contributed by atoms with Crippen LogP contribution >= 0.6 is 0 Å². The van der Waals surface area contributed by atoms with E-state index in [1.54, 1.807) is 0 Å². The van der Waals surface area contributed by atoms with Gasteiger partial charge >= 0.3 is 0 Å². The van der Waals surface area contributed by atoms with Gasteiger partial charge in [0.25, 0.3) is 10.2 Å². The van der Waals surface area contributed by atoms with Gasteiger partial charge in [-0.2, -0.15) is 17.4 Å². The van der Waals surface area contributed by atoms with Crippen LogP contribution in [0.25, 0.3) is 0 Å². The van der Waals surface area contributed by atoms with Crippen molar-refractivity contribution in [3.8, 4) is 0 Å². The van der Waals surface area contributed by atoms with Gasteiger partial charge in [-0.1, -0.05) is 6.92 Å². The molecule has 90 valence electrons. The van der Waals surface area contributed by atoms with E-state index in [0.29, 0.717) is 13.1 Å². The van der Waals surface area contributed by atoms with Gasteiger partial charge in [-0.3, -0.25) is 0 Å². The van der Waals surface area contributed by atoms with E-state index in [-0.39, 0.29) is 18.0 Å². The first-order valence-corrected chi connectivity index (χ1v) is 6.80. The Morgan fingerprint density at radius 3 is 2.53 bits per heavy atom. The third kappa shape index (κ3) is 3.41. The first-order chi connectivity index (χ1) is 6.83. The molecule has 5 nitrogen and oxygen atoms in total. The molecule has 1 aliphatic rings. The summed E-state index contributed by atoms with van der Waals surface area (Å²) in [6, 6.07) is 0.0522. The normalized spacial score (nSPS) is 29.7. The molecule has 0 saturated carbocycles. The quantitative estimate of drug-likeness (QED) is 0.717. The molecule has 0 aromatic heterocycles. The molecule has 1 saturated heterocycles. The molecule has 0 radical (unpaired) electrons. The van der Waals surface area contributed by atoms with Crippen LogP contribution in [0, 0.1) is 5.92 Å². The minimum Gasteiger partial charge on any atom is -0.327 e. The van der Waals surface area contributed by atoms with E-state index in [2.05, 4.69) is 4.72 Å². The van der Waals surface area contributed by atoms with Crippen LogP contribution in [0.4, 0.5) is 0 Å². The zero-order chi connectivity index (χ0) is 11.6. The molecule has 1 rings (SSSR count). The monoisotopic (exact) mass is 235 g/mol. The van der Waals surface area contributed by atoms with Crippen molar-refractivity contribution in [1.82, 2.24) is 9.03 Å². The van der Waals surface area contributed by atoms with Gasteiger partial charge in [0.15, 0.2) is 0 Å². The molecular formula is C9H21N3O2S. The van der Waals surface area contributed by atoms with Crippen LogP contribution in [-0.4, -0.2) is 37.9 Å². The van der Waals surface area contributed by atoms with Crippen molar-refractivity contribution in [2.24, 2.45) is 11.7 Å². The van der Waals surface area contributed by atoms with Crippen molar-refractivity contribution in [3.63, 3.8) is 0 Å². The van der Waals surface area contributed by atoms with E-state index in [1.165, 1.54) is 4.31 Å². The fourth-order valence-corrected chi connectivity index (χ4v) is 3.24. The molecule has 0 aliphatic carbocycles. The molecule has 1 aliphatic heterocycles. The Morgan fingerprint density at radius 1 is 1.47 bits per heavy atom. The number of nitrogens with zero attached hydrogens (tertiary/aromatic N) is 1. The molecule has 15 heavy (non-hydrogen) atoms. The summed E-state index contributed by atoms with van der Waals surface area (Å²) in [4.78, 5) is 0. The second-order valence-corrected chi connectivity index (χ2v) is 6.27. The summed E-state index contributed by atoms with van der Waals surface area (Å²) in [5, 5.41) is 0. The number of nitrogens with one attached hydrogen (secondary N) is 1. The van der Waals surface area contributed by atoms with Crippen molar-refractivity contribution >= 4 is 10.2 Å². The Balaban J connectivity index is 2.65. The molecule has 1 fully saturated rings. The van der Waals surface area contributed by atoms with E-state index in [0.717, 1.165) is 6.42 Å². The Labute approximate surface area is 92.2 Å². The molecule has 2 atom stereocenters. The van der Waals surface area contributed by atoms with Crippen LogP contribution in [0.15, 0.2) is 0 Å². The summed E-state index contributed by atoms with van der Waals surface area (Å²) in [5.74, 6) is 0.225. The smallest absolute Gasteiger partial charge is 0.279 e. The standard InChI is InChI=1S/C9H21N3O2S/c1-7(2)11-15(13,14)12-5-4-9(10)8(3)6-12/h7-9,11H,4-6,10H2,1-3H3. The van der Waals surface area contributed by atoms with E-state index in [9.17, 15) is 8.42 Å². The fourth-order valence-electron chi connectivity index (χ4n) is 1.72. The SMILES string of the molecule is CC(C)NS(=O)(=O)N1CCC(N)C(C)C1. The average molecular weight is 235 g/mol. The second-order valence-electron chi connectivity index (χ2n) is 4.57. The van der Waals surface area contributed by atoms with Crippen LogP contribution in [0.3, 0.4) is 0 Å². The summed E-state index contributed by atoms with van der Waals surface area (Å²) in [7, 11) is -3.31. The molecule has 6 heteroatoms. The van der Waals surface area contributed by atoms with Gasteiger partial charge in [0.2, 0.25) is 0 Å². The highest BCUT2D eigenvalue weighted by atomic mass is 32.2. The number of rotatable bonds is 3. The largest absolute Gasteiger partial charge is 0.327 e. The summed E-state index contributed by atoms with van der Waals surface area (Å²) in [6.07, 6.45) is 0.736. The number of hydrogen-bond acceptors (Lipinski definition) is 3. The molecule has 0 bridgehead atoms.